The number of nitrogens with zero attached hydrogens (tertiary/aromatic N) is 5. The van der Waals surface area contributed by atoms with Gasteiger partial charge in [-0.1, -0.05) is 30.3 Å². The molecule has 0 bridgehead atoms. The van der Waals surface area contributed by atoms with E-state index in [0.29, 0.717) is 24.9 Å². The van der Waals surface area contributed by atoms with Gasteiger partial charge in [0.1, 0.15) is 23.8 Å². The van der Waals surface area contributed by atoms with E-state index < -0.39 is 0 Å². The number of likely N-dealkylation sites (tertiary alicyclic amines) is 1. The van der Waals surface area contributed by atoms with Crippen molar-refractivity contribution in [1.82, 2.24) is 19.9 Å². The summed E-state index contributed by atoms with van der Waals surface area (Å²) in [6.45, 7) is 9.18. The van der Waals surface area contributed by atoms with Crippen molar-refractivity contribution in [2.24, 2.45) is 0 Å². The number of ether oxygens (including phenoxy) is 2. The summed E-state index contributed by atoms with van der Waals surface area (Å²) < 4.78 is 12.3. The number of anilines is 2. The number of nitrogens with one attached hydrogen (secondary N) is 1. The molecule has 2 aliphatic heterocycles. The second kappa shape index (κ2) is 10.2. The van der Waals surface area contributed by atoms with Gasteiger partial charge in [0.05, 0.1) is 6.61 Å². The SMILES string of the molecule is Cc1cc(OCCCN2CCCC2)ncc1C1Nc2c(OC3(C)CC3)ncnc2N1Cc1ccccc1. The van der Waals surface area contributed by atoms with Crippen LogP contribution in [-0.4, -0.2) is 51.7 Å². The van der Waals surface area contributed by atoms with Crippen LogP contribution in [0.5, 0.6) is 11.8 Å². The molecule has 194 valence electrons. The number of hydrogen-bond donors (Lipinski definition) is 1. The highest BCUT2D eigenvalue weighted by atomic mass is 16.5. The van der Waals surface area contributed by atoms with Gasteiger partial charge >= 0.3 is 0 Å². The molecule has 3 aliphatic rings. The number of pyridine rings is 1. The quantitative estimate of drug-likeness (QED) is 0.385. The summed E-state index contributed by atoms with van der Waals surface area (Å²) in [4.78, 5) is 18.6. The molecule has 6 rings (SSSR count). The van der Waals surface area contributed by atoms with Gasteiger partial charge in [0.25, 0.3) is 0 Å². The molecule has 2 fully saturated rings. The third-order valence-corrected chi connectivity index (χ3v) is 7.64. The van der Waals surface area contributed by atoms with Crippen LogP contribution in [0.3, 0.4) is 0 Å². The van der Waals surface area contributed by atoms with Crippen LogP contribution in [0, 0.1) is 6.92 Å². The summed E-state index contributed by atoms with van der Waals surface area (Å²) >= 11 is 0. The fourth-order valence-corrected chi connectivity index (χ4v) is 5.20. The molecule has 1 saturated carbocycles. The van der Waals surface area contributed by atoms with Crippen molar-refractivity contribution in [2.45, 2.75) is 64.3 Å². The molecular formula is C29H36N6O2. The smallest absolute Gasteiger partial charge is 0.243 e. The van der Waals surface area contributed by atoms with Crippen molar-refractivity contribution in [3.63, 3.8) is 0 Å². The standard InChI is InChI=1S/C29H36N6O2/c1-21-17-24(36-16-8-15-34-13-6-7-14-34)30-18-23(21)26-33-25-27(35(26)19-22-9-4-3-5-10-22)31-20-32-28(25)37-29(2)11-12-29/h3-5,9-10,17-18,20,26,33H,6-8,11-16,19H2,1-2H3. The van der Waals surface area contributed by atoms with Crippen molar-refractivity contribution in [3.05, 3.63) is 65.6 Å². The van der Waals surface area contributed by atoms with Gasteiger partial charge in [-0.3, -0.25) is 0 Å². The highest BCUT2D eigenvalue weighted by Crippen LogP contribution is 2.48. The fourth-order valence-electron chi connectivity index (χ4n) is 5.20. The first kappa shape index (κ1) is 24.0. The molecule has 1 aliphatic carbocycles. The lowest BCUT2D eigenvalue weighted by atomic mass is 10.1. The number of fused-ring (bicyclic) bond motifs is 1. The molecule has 4 heterocycles. The van der Waals surface area contributed by atoms with E-state index in [4.69, 9.17) is 9.47 Å². The molecule has 37 heavy (non-hydrogen) atoms. The maximum atomic E-state index is 6.30. The van der Waals surface area contributed by atoms with Gasteiger partial charge in [-0.05, 0) is 70.2 Å². The van der Waals surface area contributed by atoms with Crippen molar-refractivity contribution in [3.8, 4) is 11.8 Å². The monoisotopic (exact) mass is 500 g/mol. The molecule has 0 radical (unpaired) electrons. The Hall–Kier alpha value is -3.39. The largest absolute Gasteiger partial charge is 0.478 e. The Balaban J connectivity index is 1.22. The maximum Gasteiger partial charge on any atom is 0.243 e. The molecule has 1 N–H and O–H groups in total. The first-order valence-corrected chi connectivity index (χ1v) is 13.5. The van der Waals surface area contributed by atoms with Crippen LogP contribution in [0.15, 0.2) is 48.9 Å². The van der Waals surface area contributed by atoms with E-state index in [2.05, 4.69) is 68.2 Å². The predicted molar refractivity (Wildman–Crippen MR) is 144 cm³/mol. The molecule has 0 amide bonds. The van der Waals surface area contributed by atoms with Crippen LogP contribution in [0.4, 0.5) is 11.5 Å². The lowest BCUT2D eigenvalue weighted by Crippen LogP contribution is -2.28. The molecule has 8 heteroatoms. The molecule has 8 nitrogen and oxygen atoms in total. The van der Waals surface area contributed by atoms with Crippen LogP contribution < -0.4 is 19.7 Å². The van der Waals surface area contributed by atoms with Gasteiger partial charge in [0, 0.05) is 30.9 Å². The van der Waals surface area contributed by atoms with Crippen molar-refractivity contribution in [1.29, 1.82) is 0 Å². The topological polar surface area (TPSA) is 75.6 Å². The van der Waals surface area contributed by atoms with Crippen LogP contribution >= 0.6 is 0 Å². The summed E-state index contributed by atoms with van der Waals surface area (Å²) in [6.07, 6.45) is 9.15. The first-order valence-electron chi connectivity index (χ1n) is 13.5. The Morgan fingerprint density at radius 3 is 2.65 bits per heavy atom. The molecule has 0 spiro atoms. The van der Waals surface area contributed by atoms with Crippen LogP contribution in [0.1, 0.15) is 61.9 Å². The Labute approximate surface area is 219 Å². The van der Waals surface area contributed by atoms with Gasteiger partial charge < -0.3 is 24.6 Å². The fraction of sp³-hybridized carbons (Fsp3) is 0.483. The zero-order valence-electron chi connectivity index (χ0n) is 21.8. The number of hydrogen-bond acceptors (Lipinski definition) is 8. The minimum atomic E-state index is -0.141. The zero-order chi connectivity index (χ0) is 25.2. The average Bonchev–Trinajstić information content (AvgIpc) is 3.27. The van der Waals surface area contributed by atoms with Gasteiger partial charge in [0.2, 0.25) is 11.8 Å². The number of aryl methyl sites for hydroxylation is 1. The maximum absolute atomic E-state index is 6.30. The average molecular weight is 501 g/mol. The van der Waals surface area contributed by atoms with Gasteiger partial charge in [-0.2, -0.15) is 4.98 Å². The van der Waals surface area contributed by atoms with Crippen molar-refractivity contribution < 1.29 is 9.47 Å². The second-order valence-electron chi connectivity index (χ2n) is 10.7. The van der Waals surface area contributed by atoms with E-state index >= 15 is 0 Å². The van der Waals surface area contributed by atoms with E-state index in [1.165, 1.54) is 31.5 Å². The van der Waals surface area contributed by atoms with Crippen molar-refractivity contribution in [2.75, 3.05) is 36.5 Å². The molecule has 1 atom stereocenters. The van der Waals surface area contributed by atoms with E-state index in [1.54, 1.807) is 6.33 Å². The normalized spacial score (nSPS) is 19.9. The molecule has 1 unspecified atom stereocenters. The minimum absolute atomic E-state index is 0.128. The Morgan fingerprint density at radius 2 is 1.89 bits per heavy atom. The number of rotatable bonds is 10. The summed E-state index contributed by atoms with van der Waals surface area (Å²) in [5.41, 5.74) is 4.13. The van der Waals surface area contributed by atoms with Crippen molar-refractivity contribution >= 4 is 11.5 Å². The minimum Gasteiger partial charge on any atom is -0.478 e. The van der Waals surface area contributed by atoms with Crippen LogP contribution in [0.2, 0.25) is 0 Å². The summed E-state index contributed by atoms with van der Waals surface area (Å²) in [7, 11) is 0. The Morgan fingerprint density at radius 1 is 1.08 bits per heavy atom. The molecule has 1 aromatic carbocycles. The van der Waals surface area contributed by atoms with E-state index in [0.717, 1.165) is 48.4 Å². The third kappa shape index (κ3) is 5.34. The van der Waals surface area contributed by atoms with E-state index in [-0.39, 0.29) is 11.8 Å². The Kier molecular flexibility index (Phi) is 6.59. The predicted octanol–water partition coefficient (Wildman–Crippen LogP) is 5.11. The summed E-state index contributed by atoms with van der Waals surface area (Å²) in [5, 5.41) is 3.67. The molecule has 1 saturated heterocycles. The number of aromatic nitrogens is 3. The van der Waals surface area contributed by atoms with Gasteiger partial charge in [0.15, 0.2) is 5.82 Å². The van der Waals surface area contributed by atoms with Gasteiger partial charge in [-0.15, -0.1) is 0 Å². The van der Waals surface area contributed by atoms with Crippen LogP contribution in [0.25, 0.3) is 0 Å². The molecular weight excluding hydrogens is 464 g/mol. The first-order chi connectivity index (χ1) is 18.1. The lowest BCUT2D eigenvalue weighted by molar-refractivity contribution is 0.193. The zero-order valence-corrected chi connectivity index (χ0v) is 21.8. The summed E-state index contributed by atoms with van der Waals surface area (Å²) in [6, 6.07) is 12.5. The third-order valence-electron chi connectivity index (χ3n) is 7.64. The summed E-state index contributed by atoms with van der Waals surface area (Å²) in [5.74, 6) is 2.15. The molecule has 2 aromatic heterocycles. The highest BCUT2D eigenvalue weighted by molar-refractivity contribution is 5.77. The highest BCUT2D eigenvalue weighted by Gasteiger charge is 2.43. The number of benzene rings is 1. The van der Waals surface area contributed by atoms with E-state index in [1.807, 2.05) is 18.3 Å². The second-order valence-corrected chi connectivity index (χ2v) is 10.7. The van der Waals surface area contributed by atoms with Gasteiger partial charge in [-0.25, -0.2) is 9.97 Å². The van der Waals surface area contributed by atoms with E-state index in [9.17, 15) is 0 Å². The Bertz CT molecular complexity index is 1230. The molecule has 3 aromatic rings. The lowest BCUT2D eigenvalue weighted by Gasteiger charge is -2.27. The van der Waals surface area contributed by atoms with Crippen LogP contribution in [-0.2, 0) is 6.54 Å².